The lowest BCUT2D eigenvalue weighted by molar-refractivity contribution is 0.601. The average Bonchev–Trinajstić information content (AvgIpc) is 2.57. The van der Waals surface area contributed by atoms with Crippen LogP contribution in [0.2, 0.25) is 0 Å². The van der Waals surface area contributed by atoms with Crippen molar-refractivity contribution in [3.63, 3.8) is 0 Å². The molecular weight excluding hydrogens is 473 g/mol. The first-order chi connectivity index (χ1) is 12.3. The van der Waals surface area contributed by atoms with E-state index in [-0.39, 0.29) is 24.0 Å². The van der Waals surface area contributed by atoms with Gasteiger partial charge < -0.3 is 10.6 Å². The highest BCUT2D eigenvalue weighted by Gasteiger charge is 2.10. The van der Waals surface area contributed by atoms with Crippen molar-refractivity contribution in [1.29, 1.82) is 0 Å². The van der Waals surface area contributed by atoms with Crippen molar-refractivity contribution in [2.24, 2.45) is 4.99 Å². The van der Waals surface area contributed by atoms with E-state index in [9.17, 15) is 8.42 Å². The van der Waals surface area contributed by atoms with Crippen LogP contribution in [0.1, 0.15) is 22.3 Å². The van der Waals surface area contributed by atoms with E-state index >= 15 is 0 Å². The third-order valence-corrected chi connectivity index (χ3v) is 5.37. The minimum atomic E-state index is -3.18. The maximum Gasteiger partial charge on any atom is 0.191 e. The molecule has 0 spiro atoms. The molecule has 0 saturated heterocycles. The van der Waals surface area contributed by atoms with Crippen LogP contribution < -0.4 is 10.6 Å². The summed E-state index contributed by atoms with van der Waals surface area (Å²) in [6, 6.07) is 13.9. The lowest BCUT2D eigenvalue weighted by Gasteiger charge is -2.13. The molecule has 0 unspecified atom stereocenters. The number of rotatable bonds is 6. The van der Waals surface area contributed by atoms with Crippen LogP contribution in [0, 0.1) is 13.8 Å². The number of aryl methyl sites for hydroxylation is 2. The van der Waals surface area contributed by atoms with Crippen LogP contribution in [0.25, 0.3) is 0 Å². The summed E-state index contributed by atoms with van der Waals surface area (Å²) >= 11 is 0. The van der Waals surface area contributed by atoms with Crippen molar-refractivity contribution < 1.29 is 8.42 Å². The van der Waals surface area contributed by atoms with E-state index in [0.29, 0.717) is 11.4 Å². The second-order valence-corrected chi connectivity index (χ2v) is 8.45. The zero-order chi connectivity index (χ0) is 19.2. The van der Waals surface area contributed by atoms with Gasteiger partial charge in [-0.15, -0.1) is 24.0 Å². The van der Waals surface area contributed by atoms with Gasteiger partial charge in [0.1, 0.15) is 0 Å². The van der Waals surface area contributed by atoms with Crippen molar-refractivity contribution in [2.75, 3.05) is 19.8 Å². The molecule has 0 radical (unpaired) electrons. The van der Waals surface area contributed by atoms with E-state index in [1.807, 2.05) is 19.1 Å². The van der Waals surface area contributed by atoms with Crippen LogP contribution in [0.3, 0.4) is 0 Å². The minimum absolute atomic E-state index is 0. The lowest BCUT2D eigenvalue weighted by Crippen LogP contribution is -2.37. The first-order valence-electron chi connectivity index (χ1n) is 8.59. The van der Waals surface area contributed by atoms with Crippen LogP contribution >= 0.6 is 24.0 Å². The third kappa shape index (κ3) is 7.50. The number of hydrogen-bond donors (Lipinski definition) is 2. The highest BCUT2D eigenvalue weighted by molar-refractivity contribution is 14.0. The maximum absolute atomic E-state index is 11.7. The molecule has 0 amide bonds. The molecule has 0 heterocycles. The molecule has 0 bridgehead atoms. The topological polar surface area (TPSA) is 70.6 Å². The molecular formula is C20H28IN3O2S. The van der Waals surface area contributed by atoms with Crippen molar-refractivity contribution in [3.8, 4) is 0 Å². The van der Waals surface area contributed by atoms with E-state index < -0.39 is 9.84 Å². The van der Waals surface area contributed by atoms with E-state index in [0.717, 1.165) is 30.1 Å². The summed E-state index contributed by atoms with van der Waals surface area (Å²) in [4.78, 5) is 4.61. The molecule has 148 valence electrons. The number of nitrogens with one attached hydrogen (secondary N) is 2. The van der Waals surface area contributed by atoms with Crippen LogP contribution in [0.4, 0.5) is 0 Å². The Bertz CT molecular complexity index is 896. The van der Waals surface area contributed by atoms with Crippen LogP contribution in [-0.4, -0.2) is 34.2 Å². The van der Waals surface area contributed by atoms with Crippen molar-refractivity contribution >= 4 is 39.8 Å². The first-order valence-corrected chi connectivity index (χ1v) is 10.5. The Labute approximate surface area is 179 Å². The molecule has 0 aliphatic rings. The smallest absolute Gasteiger partial charge is 0.191 e. The molecule has 0 fully saturated rings. The molecule has 0 aliphatic heterocycles. The summed E-state index contributed by atoms with van der Waals surface area (Å²) in [5.41, 5.74) is 4.32. The van der Waals surface area contributed by atoms with Gasteiger partial charge in [0.2, 0.25) is 0 Å². The van der Waals surface area contributed by atoms with Gasteiger partial charge in [-0.05, 0) is 43.0 Å². The van der Waals surface area contributed by atoms with Gasteiger partial charge in [-0.1, -0.05) is 42.0 Å². The Morgan fingerprint density at radius 3 is 2.37 bits per heavy atom. The standard InChI is InChI=1S/C20H27N3O2S.HI/c1-15-6-5-7-17(12-15)10-11-22-20(21-3)23-14-18-8-9-19(16(2)13-18)26(4,24)25;/h5-9,12-13H,10-11,14H2,1-4H3,(H2,21,22,23);1H. The quantitative estimate of drug-likeness (QED) is 0.362. The van der Waals surface area contributed by atoms with Gasteiger partial charge in [0.25, 0.3) is 0 Å². The number of aliphatic imine (C=N–C) groups is 1. The SMILES string of the molecule is CN=C(NCCc1cccc(C)c1)NCc1ccc(S(C)(=O)=O)c(C)c1.I. The van der Waals surface area contributed by atoms with Gasteiger partial charge in [0, 0.05) is 26.4 Å². The molecule has 2 N–H and O–H groups in total. The van der Waals surface area contributed by atoms with Crippen LogP contribution in [-0.2, 0) is 22.8 Å². The largest absolute Gasteiger partial charge is 0.356 e. The fourth-order valence-electron chi connectivity index (χ4n) is 2.84. The molecule has 2 aromatic rings. The summed E-state index contributed by atoms with van der Waals surface area (Å²) in [6.45, 7) is 5.27. The number of nitrogens with zero attached hydrogens (tertiary/aromatic N) is 1. The van der Waals surface area contributed by atoms with Gasteiger partial charge in [-0.2, -0.15) is 0 Å². The second-order valence-electron chi connectivity index (χ2n) is 6.46. The number of hydrogen-bond acceptors (Lipinski definition) is 3. The normalized spacial score (nSPS) is 11.6. The fraction of sp³-hybridized carbons (Fsp3) is 0.350. The highest BCUT2D eigenvalue weighted by atomic mass is 127. The summed E-state index contributed by atoms with van der Waals surface area (Å²) < 4.78 is 23.4. The highest BCUT2D eigenvalue weighted by Crippen LogP contribution is 2.16. The third-order valence-electron chi connectivity index (χ3n) is 4.11. The average molecular weight is 501 g/mol. The van der Waals surface area contributed by atoms with E-state index in [4.69, 9.17) is 0 Å². The molecule has 0 saturated carbocycles. The van der Waals surface area contributed by atoms with E-state index in [1.165, 1.54) is 17.4 Å². The van der Waals surface area contributed by atoms with Crippen molar-refractivity contribution in [3.05, 3.63) is 64.7 Å². The molecule has 2 rings (SSSR count). The summed E-state index contributed by atoms with van der Waals surface area (Å²) in [7, 11) is -1.45. The molecule has 2 aromatic carbocycles. The molecule has 0 aliphatic carbocycles. The second kappa shape index (κ2) is 10.7. The zero-order valence-electron chi connectivity index (χ0n) is 16.2. The predicted molar refractivity (Wildman–Crippen MR) is 123 cm³/mol. The van der Waals surface area contributed by atoms with Gasteiger partial charge in [0.05, 0.1) is 4.90 Å². The van der Waals surface area contributed by atoms with Crippen molar-refractivity contribution in [1.82, 2.24) is 10.6 Å². The van der Waals surface area contributed by atoms with Gasteiger partial charge in [-0.25, -0.2) is 8.42 Å². The number of halogens is 1. The van der Waals surface area contributed by atoms with Gasteiger partial charge in [-0.3, -0.25) is 4.99 Å². The van der Waals surface area contributed by atoms with Gasteiger partial charge in [0.15, 0.2) is 15.8 Å². The minimum Gasteiger partial charge on any atom is -0.356 e. The van der Waals surface area contributed by atoms with E-state index in [2.05, 4.69) is 46.8 Å². The zero-order valence-corrected chi connectivity index (χ0v) is 19.4. The fourth-order valence-corrected chi connectivity index (χ4v) is 3.80. The van der Waals surface area contributed by atoms with Gasteiger partial charge >= 0.3 is 0 Å². The Kier molecular flexibility index (Phi) is 9.25. The first kappa shape index (κ1) is 23.4. The maximum atomic E-state index is 11.7. The Morgan fingerprint density at radius 2 is 1.78 bits per heavy atom. The lowest BCUT2D eigenvalue weighted by atomic mass is 10.1. The predicted octanol–water partition coefficient (Wildman–Crippen LogP) is 3.23. The molecule has 7 heteroatoms. The molecule has 27 heavy (non-hydrogen) atoms. The summed E-state index contributed by atoms with van der Waals surface area (Å²) in [6.07, 6.45) is 2.15. The Balaban J connectivity index is 0.00000364. The summed E-state index contributed by atoms with van der Waals surface area (Å²) in [5.74, 6) is 0.725. The van der Waals surface area contributed by atoms with Crippen molar-refractivity contribution in [2.45, 2.75) is 31.7 Å². The molecule has 5 nitrogen and oxygen atoms in total. The molecule has 0 aromatic heterocycles. The number of sulfone groups is 1. The monoisotopic (exact) mass is 501 g/mol. The summed E-state index contributed by atoms with van der Waals surface area (Å²) in [5, 5.41) is 6.56. The Morgan fingerprint density at radius 1 is 1.04 bits per heavy atom. The van der Waals surface area contributed by atoms with E-state index in [1.54, 1.807) is 13.1 Å². The number of benzene rings is 2. The van der Waals surface area contributed by atoms with Crippen LogP contribution in [0.5, 0.6) is 0 Å². The Hall–Kier alpha value is -1.61. The number of guanidine groups is 1. The van der Waals surface area contributed by atoms with Crippen LogP contribution in [0.15, 0.2) is 52.4 Å². The molecule has 0 atom stereocenters.